The van der Waals surface area contributed by atoms with Gasteiger partial charge in [-0.2, -0.15) is 0 Å². The van der Waals surface area contributed by atoms with Crippen molar-refractivity contribution in [2.45, 2.75) is 6.54 Å². The van der Waals surface area contributed by atoms with Crippen LogP contribution in [0.25, 0.3) is 17.0 Å². The van der Waals surface area contributed by atoms with Gasteiger partial charge >= 0.3 is 0 Å². The standard InChI is InChI=1S/C23H18FN3O2S/c1-2-11-27-22(29)18(21(28)25-23(27)30)12-16-14-26(20-10-6-4-8-17(16)20)13-15-7-3-5-9-19(15)24/h2-10,12,14H,1,11,13H2,(H,25,28,30)/b18-12+. The summed E-state index contributed by atoms with van der Waals surface area (Å²) >= 11 is 5.09. The highest BCUT2D eigenvalue weighted by Crippen LogP contribution is 2.26. The quantitative estimate of drug-likeness (QED) is 0.297. The number of para-hydroxylation sites is 1. The molecule has 1 fully saturated rings. The Morgan fingerprint density at radius 2 is 1.83 bits per heavy atom. The molecule has 2 heterocycles. The fraction of sp³-hybridized carbons (Fsp3) is 0.0870. The number of carbonyl (C=O) groups excluding carboxylic acids is 2. The Bertz CT molecular complexity index is 1230. The number of aromatic nitrogens is 1. The molecule has 0 bridgehead atoms. The lowest BCUT2D eigenvalue weighted by Gasteiger charge is -2.27. The Balaban J connectivity index is 1.79. The predicted molar refractivity (Wildman–Crippen MR) is 118 cm³/mol. The van der Waals surface area contributed by atoms with Gasteiger partial charge in [0.1, 0.15) is 11.4 Å². The van der Waals surface area contributed by atoms with Crippen LogP contribution in [0.4, 0.5) is 4.39 Å². The Kier molecular flexibility index (Phi) is 5.29. The van der Waals surface area contributed by atoms with E-state index in [9.17, 15) is 14.0 Å². The molecule has 0 spiro atoms. The first-order valence-corrected chi connectivity index (χ1v) is 9.71. The third kappa shape index (κ3) is 3.55. The molecule has 3 aromatic rings. The number of carbonyl (C=O) groups is 2. The topological polar surface area (TPSA) is 54.3 Å². The predicted octanol–water partition coefficient (Wildman–Crippen LogP) is 3.64. The molecule has 30 heavy (non-hydrogen) atoms. The number of benzene rings is 2. The van der Waals surface area contributed by atoms with Gasteiger partial charge in [0.25, 0.3) is 11.8 Å². The molecular weight excluding hydrogens is 401 g/mol. The highest BCUT2D eigenvalue weighted by Gasteiger charge is 2.32. The minimum absolute atomic E-state index is 0.0146. The second-order valence-corrected chi connectivity index (χ2v) is 7.23. The van der Waals surface area contributed by atoms with Crippen LogP contribution >= 0.6 is 12.2 Å². The van der Waals surface area contributed by atoms with E-state index in [4.69, 9.17) is 12.2 Å². The second kappa shape index (κ2) is 8.04. The van der Waals surface area contributed by atoms with Gasteiger partial charge in [-0.05, 0) is 30.4 Å². The summed E-state index contributed by atoms with van der Waals surface area (Å²) in [5.74, 6) is -1.31. The molecule has 1 aliphatic rings. The van der Waals surface area contributed by atoms with Gasteiger partial charge in [0.15, 0.2) is 5.11 Å². The molecule has 0 atom stereocenters. The van der Waals surface area contributed by atoms with Crippen molar-refractivity contribution < 1.29 is 14.0 Å². The largest absolute Gasteiger partial charge is 0.342 e. The van der Waals surface area contributed by atoms with Crippen LogP contribution in [0, 0.1) is 5.82 Å². The first kappa shape index (κ1) is 19.7. The summed E-state index contributed by atoms with van der Waals surface area (Å²) in [6, 6.07) is 14.2. The summed E-state index contributed by atoms with van der Waals surface area (Å²) in [7, 11) is 0. The van der Waals surface area contributed by atoms with E-state index in [0.29, 0.717) is 17.7 Å². The van der Waals surface area contributed by atoms with Crippen molar-refractivity contribution >= 4 is 46.1 Å². The van der Waals surface area contributed by atoms with E-state index in [2.05, 4.69) is 11.9 Å². The molecule has 2 amide bonds. The van der Waals surface area contributed by atoms with Gasteiger partial charge in [-0.15, -0.1) is 6.58 Å². The second-order valence-electron chi connectivity index (χ2n) is 6.84. The van der Waals surface area contributed by atoms with Gasteiger partial charge in [-0.1, -0.05) is 42.5 Å². The van der Waals surface area contributed by atoms with Gasteiger partial charge in [-0.25, -0.2) is 4.39 Å². The summed E-state index contributed by atoms with van der Waals surface area (Å²) in [5, 5.41) is 3.45. The Morgan fingerprint density at radius 3 is 2.60 bits per heavy atom. The van der Waals surface area contributed by atoms with Crippen LogP contribution in [-0.2, 0) is 16.1 Å². The zero-order chi connectivity index (χ0) is 21.3. The molecule has 0 radical (unpaired) electrons. The minimum Gasteiger partial charge on any atom is -0.342 e. The van der Waals surface area contributed by atoms with Crippen molar-refractivity contribution in [3.8, 4) is 0 Å². The van der Waals surface area contributed by atoms with E-state index in [1.165, 1.54) is 11.0 Å². The average molecular weight is 419 g/mol. The maximum absolute atomic E-state index is 14.2. The van der Waals surface area contributed by atoms with E-state index in [1.807, 2.05) is 35.0 Å². The van der Waals surface area contributed by atoms with Gasteiger partial charge in [0.05, 0.1) is 6.54 Å². The zero-order valence-electron chi connectivity index (χ0n) is 16.0. The number of hydrogen-bond acceptors (Lipinski definition) is 3. The van der Waals surface area contributed by atoms with Crippen molar-refractivity contribution in [2.75, 3.05) is 6.54 Å². The van der Waals surface area contributed by atoms with Crippen molar-refractivity contribution in [2.24, 2.45) is 0 Å². The molecule has 0 aliphatic carbocycles. The van der Waals surface area contributed by atoms with Crippen LogP contribution in [0.5, 0.6) is 0 Å². The molecular formula is C23H18FN3O2S. The third-order valence-corrected chi connectivity index (χ3v) is 5.24. The zero-order valence-corrected chi connectivity index (χ0v) is 16.8. The van der Waals surface area contributed by atoms with Crippen LogP contribution in [0.1, 0.15) is 11.1 Å². The monoisotopic (exact) mass is 419 g/mol. The first-order valence-electron chi connectivity index (χ1n) is 9.30. The van der Waals surface area contributed by atoms with Crippen LogP contribution in [0.3, 0.4) is 0 Å². The molecule has 150 valence electrons. The molecule has 5 nitrogen and oxygen atoms in total. The highest BCUT2D eigenvalue weighted by atomic mass is 32.1. The summed E-state index contributed by atoms with van der Waals surface area (Å²) in [6.45, 7) is 4.14. The van der Waals surface area contributed by atoms with E-state index in [0.717, 1.165) is 10.9 Å². The molecule has 1 saturated heterocycles. The normalized spacial score (nSPS) is 15.7. The first-order chi connectivity index (χ1) is 14.5. The van der Waals surface area contributed by atoms with Crippen molar-refractivity contribution in [1.29, 1.82) is 0 Å². The number of thiocarbonyl (C=S) groups is 1. The Hall–Kier alpha value is -3.58. The molecule has 4 rings (SSSR count). The number of nitrogens with zero attached hydrogens (tertiary/aromatic N) is 2. The molecule has 1 N–H and O–H groups in total. The molecule has 2 aromatic carbocycles. The molecule has 0 unspecified atom stereocenters. The Labute approximate surface area is 178 Å². The number of fused-ring (bicyclic) bond motifs is 1. The van der Waals surface area contributed by atoms with Crippen LogP contribution in [-0.4, -0.2) is 32.9 Å². The smallest absolute Gasteiger partial charge is 0.265 e. The Morgan fingerprint density at radius 1 is 1.10 bits per heavy atom. The molecule has 1 aromatic heterocycles. The molecule has 1 aliphatic heterocycles. The van der Waals surface area contributed by atoms with Crippen LogP contribution in [0.2, 0.25) is 0 Å². The summed E-state index contributed by atoms with van der Waals surface area (Å²) in [5.41, 5.74) is 2.09. The number of halogens is 1. The summed E-state index contributed by atoms with van der Waals surface area (Å²) < 4.78 is 16.1. The van der Waals surface area contributed by atoms with Crippen LogP contribution < -0.4 is 5.32 Å². The van der Waals surface area contributed by atoms with E-state index >= 15 is 0 Å². The minimum atomic E-state index is -0.545. The lowest BCUT2D eigenvalue weighted by molar-refractivity contribution is -0.128. The van der Waals surface area contributed by atoms with Crippen LogP contribution in [0.15, 0.2) is 73.0 Å². The summed E-state index contributed by atoms with van der Waals surface area (Å²) in [4.78, 5) is 26.6. The maximum Gasteiger partial charge on any atom is 0.265 e. The van der Waals surface area contributed by atoms with Crippen molar-refractivity contribution in [3.63, 3.8) is 0 Å². The van der Waals surface area contributed by atoms with E-state index in [1.54, 1.807) is 30.4 Å². The lowest BCUT2D eigenvalue weighted by Crippen LogP contribution is -2.53. The molecule has 0 saturated carbocycles. The van der Waals surface area contributed by atoms with Crippen molar-refractivity contribution in [1.82, 2.24) is 14.8 Å². The average Bonchev–Trinajstić information content (AvgIpc) is 3.07. The van der Waals surface area contributed by atoms with Crippen molar-refractivity contribution in [3.05, 3.63) is 89.9 Å². The maximum atomic E-state index is 14.2. The van der Waals surface area contributed by atoms with E-state index in [-0.39, 0.29) is 23.0 Å². The van der Waals surface area contributed by atoms with E-state index < -0.39 is 11.8 Å². The summed E-state index contributed by atoms with van der Waals surface area (Å²) in [6.07, 6.45) is 4.91. The van der Waals surface area contributed by atoms with Gasteiger partial charge in [0.2, 0.25) is 0 Å². The SMILES string of the molecule is C=CCN1C(=O)/C(=C/c2cn(Cc3ccccc3F)c3ccccc23)C(=O)NC1=S. The highest BCUT2D eigenvalue weighted by molar-refractivity contribution is 7.80. The van der Waals surface area contributed by atoms with Gasteiger partial charge < -0.3 is 4.57 Å². The number of amides is 2. The number of nitrogens with one attached hydrogen (secondary N) is 1. The third-order valence-electron chi connectivity index (χ3n) is 4.92. The van der Waals surface area contributed by atoms with Gasteiger partial charge in [0, 0.05) is 34.8 Å². The van der Waals surface area contributed by atoms with Gasteiger partial charge in [-0.3, -0.25) is 19.8 Å². The fourth-order valence-electron chi connectivity index (χ4n) is 3.48. The number of hydrogen-bond donors (Lipinski definition) is 1. The lowest BCUT2D eigenvalue weighted by atomic mass is 10.1. The fourth-order valence-corrected chi connectivity index (χ4v) is 3.73. The number of rotatable bonds is 5. The molecule has 7 heteroatoms.